The van der Waals surface area contributed by atoms with Crippen LogP contribution in [-0.2, 0) is 6.54 Å². The van der Waals surface area contributed by atoms with Gasteiger partial charge in [-0.15, -0.1) is 0 Å². The van der Waals surface area contributed by atoms with Crippen LogP contribution in [0.25, 0.3) is 0 Å². The molecule has 0 spiro atoms. The third kappa shape index (κ3) is 5.19. The molecule has 1 amide bonds. The summed E-state index contributed by atoms with van der Waals surface area (Å²) in [5, 5.41) is 10.2. The number of nitrogens with two attached hydrogens (primary N) is 1. The fraction of sp³-hybridized carbons (Fsp3) is 0.542. The van der Waals surface area contributed by atoms with E-state index in [0.717, 1.165) is 63.1 Å². The molecule has 0 radical (unpaired) electrons. The van der Waals surface area contributed by atoms with E-state index in [-0.39, 0.29) is 29.4 Å². The van der Waals surface area contributed by atoms with Gasteiger partial charge in [0, 0.05) is 37.7 Å². The first kappa shape index (κ1) is 22.5. The minimum Gasteiger partial charge on any atom is -0.491 e. The smallest absolute Gasteiger partial charge is 0.276 e. The van der Waals surface area contributed by atoms with E-state index in [4.69, 9.17) is 10.5 Å². The Balaban J connectivity index is 1.54. The molecule has 8 nitrogen and oxygen atoms in total. The number of hydrogen-bond donors (Lipinski definition) is 2. The van der Waals surface area contributed by atoms with Gasteiger partial charge in [-0.3, -0.25) is 9.69 Å². The molecule has 2 bridgehead atoms. The van der Waals surface area contributed by atoms with Crippen LogP contribution in [0.15, 0.2) is 36.7 Å². The van der Waals surface area contributed by atoms with Crippen LogP contribution in [-0.4, -0.2) is 70.2 Å². The SMILES string of the molecule is Nc1nccnc1C(=O)N1CCCCC2(CO)CCN(CC2)Cc2ccccc2OCC1. The highest BCUT2D eigenvalue weighted by molar-refractivity contribution is 5.96. The second-order valence-corrected chi connectivity index (χ2v) is 8.93. The number of rotatable bonds is 2. The molecule has 5 rings (SSSR count). The lowest BCUT2D eigenvalue weighted by Crippen LogP contribution is -2.41. The number of para-hydroxylation sites is 1. The zero-order valence-electron chi connectivity index (χ0n) is 18.6. The van der Waals surface area contributed by atoms with Crippen molar-refractivity contribution in [3.63, 3.8) is 0 Å². The van der Waals surface area contributed by atoms with Gasteiger partial charge in [0.1, 0.15) is 12.4 Å². The lowest BCUT2D eigenvalue weighted by atomic mass is 9.75. The predicted octanol–water partition coefficient (Wildman–Crippen LogP) is 2.34. The van der Waals surface area contributed by atoms with Crippen molar-refractivity contribution >= 4 is 11.7 Å². The average Bonchev–Trinajstić information content (AvgIpc) is 2.83. The van der Waals surface area contributed by atoms with Gasteiger partial charge in [-0.2, -0.15) is 0 Å². The van der Waals surface area contributed by atoms with E-state index in [2.05, 4.69) is 20.9 Å². The standard InChI is InChI=1S/C24H33N5O3/c25-22-21(26-10-11-27-22)23(31)29-12-4-3-7-24(18-30)8-13-28(14-9-24)17-19-5-1-2-6-20(19)32-16-15-29/h1-2,5-6,10-11,30H,3-4,7-9,12-18H2,(H2,25,27). The van der Waals surface area contributed by atoms with Gasteiger partial charge in [-0.25, -0.2) is 9.97 Å². The highest BCUT2D eigenvalue weighted by Gasteiger charge is 2.34. The first-order valence-corrected chi connectivity index (χ1v) is 11.5. The van der Waals surface area contributed by atoms with Crippen LogP contribution in [0.4, 0.5) is 5.82 Å². The normalized spacial score (nSPS) is 24.7. The number of ether oxygens (including phenoxy) is 1. The number of aliphatic hydroxyl groups is 1. The second-order valence-electron chi connectivity index (χ2n) is 8.93. The van der Waals surface area contributed by atoms with E-state index in [0.29, 0.717) is 19.7 Å². The van der Waals surface area contributed by atoms with Gasteiger partial charge in [-0.1, -0.05) is 24.6 Å². The maximum Gasteiger partial charge on any atom is 0.276 e. The van der Waals surface area contributed by atoms with Crippen LogP contribution in [0.2, 0.25) is 0 Å². The van der Waals surface area contributed by atoms with Gasteiger partial charge < -0.3 is 20.5 Å². The quantitative estimate of drug-likeness (QED) is 0.740. The van der Waals surface area contributed by atoms with Gasteiger partial charge >= 0.3 is 0 Å². The summed E-state index contributed by atoms with van der Waals surface area (Å²) in [7, 11) is 0. The van der Waals surface area contributed by atoms with Crippen molar-refractivity contribution in [2.24, 2.45) is 5.41 Å². The Morgan fingerprint density at radius 1 is 1.06 bits per heavy atom. The Labute approximate surface area is 189 Å². The highest BCUT2D eigenvalue weighted by Crippen LogP contribution is 2.37. The van der Waals surface area contributed by atoms with E-state index < -0.39 is 0 Å². The molecule has 3 aliphatic heterocycles. The van der Waals surface area contributed by atoms with Crippen molar-refractivity contribution in [1.82, 2.24) is 19.8 Å². The summed E-state index contributed by atoms with van der Waals surface area (Å²) < 4.78 is 6.13. The number of benzene rings is 1. The molecule has 3 N–H and O–H groups in total. The summed E-state index contributed by atoms with van der Waals surface area (Å²) in [6, 6.07) is 8.10. The Bertz CT molecular complexity index is 914. The van der Waals surface area contributed by atoms with E-state index in [1.807, 2.05) is 18.2 Å². The van der Waals surface area contributed by atoms with Crippen LogP contribution >= 0.6 is 0 Å². The fourth-order valence-corrected chi connectivity index (χ4v) is 4.74. The van der Waals surface area contributed by atoms with Crippen molar-refractivity contribution in [2.75, 3.05) is 45.1 Å². The van der Waals surface area contributed by atoms with Crippen molar-refractivity contribution in [2.45, 2.75) is 38.6 Å². The molecule has 172 valence electrons. The molecule has 1 aromatic carbocycles. The fourth-order valence-electron chi connectivity index (χ4n) is 4.74. The van der Waals surface area contributed by atoms with Crippen molar-refractivity contribution in [3.8, 4) is 5.75 Å². The topological polar surface area (TPSA) is 105 Å². The monoisotopic (exact) mass is 439 g/mol. The maximum absolute atomic E-state index is 13.1. The molecule has 2 aromatic rings. The number of anilines is 1. The average molecular weight is 440 g/mol. The highest BCUT2D eigenvalue weighted by atomic mass is 16.5. The molecular formula is C24H33N5O3. The Morgan fingerprint density at radius 2 is 1.84 bits per heavy atom. The summed E-state index contributed by atoms with van der Waals surface area (Å²) in [4.78, 5) is 25.5. The number of carbonyl (C=O) groups is 1. The molecule has 0 saturated carbocycles. The van der Waals surface area contributed by atoms with Gasteiger partial charge in [0.05, 0.1) is 6.54 Å². The minimum absolute atomic E-state index is 0.0170. The zero-order chi connectivity index (χ0) is 22.4. The Morgan fingerprint density at radius 3 is 2.62 bits per heavy atom. The molecule has 4 heterocycles. The largest absolute Gasteiger partial charge is 0.491 e. The number of nitrogens with zero attached hydrogens (tertiary/aromatic N) is 4. The van der Waals surface area contributed by atoms with Crippen molar-refractivity contribution in [1.29, 1.82) is 0 Å². The third-order valence-electron chi connectivity index (χ3n) is 6.84. The Hall–Kier alpha value is -2.71. The van der Waals surface area contributed by atoms with Gasteiger partial charge in [0.25, 0.3) is 5.91 Å². The summed E-state index contributed by atoms with van der Waals surface area (Å²) in [6.07, 6.45) is 7.74. The van der Waals surface area contributed by atoms with Crippen LogP contribution in [0.5, 0.6) is 5.75 Å². The van der Waals surface area contributed by atoms with E-state index in [9.17, 15) is 9.90 Å². The number of nitrogen functional groups attached to an aromatic ring is 1. The van der Waals surface area contributed by atoms with Gasteiger partial charge in [0.15, 0.2) is 11.5 Å². The molecule has 0 atom stereocenters. The van der Waals surface area contributed by atoms with Crippen LogP contribution in [0.3, 0.4) is 0 Å². The number of aromatic nitrogens is 2. The first-order chi connectivity index (χ1) is 15.6. The van der Waals surface area contributed by atoms with Crippen molar-refractivity contribution in [3.05, 3.63) is 47.9 Å². The van der Waals surface area contributed by atoms with Crippen LogP contribution in [0, 0.1) is 5.41 Å². The lowest BCUT2D eigenvalue weighted by molar-refractivity contribution is 0.0319. The number of piperidine rings is 1. The van der Waals surface area contributed by atoms with Crippen molar-refractivity contribution < 1.29 is 14.6 Å². The van der Waals surface area contributed by atoms with E-state index in [1.54, 1.807) is 4.90 Å². The van der Waals surface area contributed by atoms with Crippen LogP contribution in [0.1, 0.15) is 48.2 Å². The molecule has 3 aliphatic rings. The van der Waals surface area contributed by atoms with Gasteiger partial charge in [-0.05, 0) is 50.3 Å². The Kier molecular flexibility index (Phi) is 7.22. The first-order valence-electron chi connectivity index (χ1n) is 11.5. The second kappa shape index (κ2) is 10.3. The molecule has 32 heavy (non-hydrogen) atoms. The number of carbonyl (C=O) groups excluding carboxylic acids is 1. The summed E-state index contributed by atoms with van der Waals surface area (Å²) in [6.45, 7) is 4.43. The minimum atomic E-state index is -0.222. The van der Waals surface area contributed by atoms with Gasteiger partial charge in [0.2, 0.25) is 0 Å². The lowest BCUT2D eigenvalue weighted by Gasteiger charge is -2.41. The van der Waals surface area contributed by atoms with Crippen LogP contribution < -0.4 is 10.5 Å². The number of amides is 1. The molecule has 0 aliphatic carbocycles. The zero-order valence-corrected chi connectivity index (χ0v) is 18.6. The molecule has 1 aromatic heterocycles. The molecule has 0 unspecified atom stereocenters. The summed E-state index contributed by atoms with van der Waals surface area (Å²) in [5.41, 5.74) is 7.23. The third-order valence-corrected chi connectivity index (χ3v) is 6.84. The summed E-state index contributed by atoms with van der Waals surface area (Å²) >= 11 is 0. The molecular weight excluding hydrogens is 406 g/mol. The maximum atomic E-state index is 13.1. The summed E-state index contributed by atoms with van der Waals surface area (Å²) in [5.74, 6) is 0.776. The number of fused-ring (bicyclic) bond motifs is 9. The number of hydrogen-bond acceptors (Lipinski definition) is 7. The predicted molar refractivity (Wildman–Crippen MR) is 122 cm³/mol. The number of aliphatic hydroxyl groups excluding tert-OH is 1. The van der Waals surface area contributed by atoms with E-state index in [1.165, 1.54) is 12.4 Å². The van der Waals surface area contributed by atoms with E-state index >= 15 is 0 Å². The molecule has 1 saturated heterocycles. The molecule has 8 heteroatoms. The molecule has 1 fully saturated rings.